The van der Waals surface area contributed by atoms with Crippen molar-refractivity contribution in [3.8, 4) is 0 Å². The Kier molecular flexibility index (Phi) is 7.20. The van der Waals surface area contributed by atoms with Crippen LogP contribution in [0.1, 0.15) is 57.1 Å². The molecule has 4 heteroatoms. The minimum Gasteiger partial charge on any atom is -0.370 e. The highest BCUT2D eigenvalue weighted by Crippen LogP contribution is 2.14. The van der Waals surface area contributed by atoms with Gasteiger partial charge in [0.05, 0.1) is 0 Å². The van der Waals surface area contributed by atoms with Gasteiger partial charge in [0.2, 0.25) is 0 Å². The molecule has 1 heterocycles. The van der Waals surface area contributed by atoms with Gasteiger partial charge in [-0.2, -0.15) is 0 Å². The highest BCUT2D eigenvalue weighted by Gasteiger charge is 2.17. The molecule has 0 radical (unpaired) electrons. The normalized spacial score (nSPS) is 10.8. The van der Waals surface area contributed by atoms with Crippen molar-refractivity contribution in [1.82, 2.24) is 9.88 Å². The molecule has 0 aliphatic rings. The van der Waals surface area contributed by atoms with Gasteiger partial charge in [-0.05, 0) is 37.8 Å². The molecule has 21 heavy (non-hydrogen) atoms. The molecule has 0 aliphatic heterocycles. The van der Waals surface area contributed by atoms with Crippen molar-refractivity contribution in [3.63, 3.8) is 0 Å². The molecule has 0 saturated heterocycles. The van der Waals surface area contributed by atoms with Gasteiger partial charge in [0.1, 0.15) is 5.82 Å². The third-order valence-corrected chi connectivity index (χ3v) is 3.30. The summed E-state index contributed by atoms with van der Waals surface area (Å²) in [7, 11) is 0. The van der Waals surface area contributed by atoms with Crippen molar-refractivity contribution < 1.29 is 4.79 Å². The minimum atomic E-state index is 0.0999. The lowest BCUT2D eigenvalue weighted by atomic mass is 10.1. The molecule has 0 saturated carbocycles. The first-order valence-electron chi connectivity index (χ1n) is 8.05. The summed E-state index contributed by atoms with van der Waals surface area (Å²) in [6.45, 7) is 12.9. The van der Waals surface area contributed by atoms with Gasteiger partial charge >= 0.3 is 0 Å². The highest BCUT2D eigenvalue weighted by molar-refractivity contribution is 5.95. The smallest absolute Gasteiger partial charge is 0.254 e. The first-order chi connectivity index (χ1) is 10.0. The third-order valence-electron chi connectivity index (χ3n) is 3.30. The number of carbonyl (C=O) groups is 1. The van der Waals surface area contributed by atoms with E-state index in [-0.39, 0.29) is 5.91 Å². The number of amides is 1. The van der Waals surface area contributed by atoms with Crippen LogP contribution in [0.4, 0.5) is 5.82 Å². The fourth-order valence-electron chi connectivity index (χ4n) is 2.21. The summed E-state index contributed by atoms with van der Waals surface area (Å²) in [5.74, 6) is 1.38. The second-order valence-electron chi connectivity index (χ2n) is 5.75. The van der Waals surface area contributed by atoms with Crippen LogP contribution in [0.15, 0.2) is 12.1 Å². The zero-order valence-electron chi connectivity index (χ0n) is 14.1. The summed E-state index contributed by atoms with van der Waals surface area (Å²) in [6.07, 6.45) is 1.87. The molecule has 1 amide bonds. The molecule has 0 unspecified atom stereocenters. The van der Waals surface area contributed by atoms with Gasteiger partial charge in [0.15, 0.2) is 0 Å². The van der Waals surface area contributed by atoms with Crippen LogP contribution in [-0.2, 0) is 6.42 Å². The van der Waals surface area contributed by atoms with E-state index in [4.69, 9.17) is 0 Å². The maximum absolute atomic E-state index is 12.7. The van der Waals surface area contributed by atoms with Gasteiger partial charge in [0, 0.05) is 30.9 Å². The number of hydrogen-bond acceptors (Lipinski definition) is 3. The SMILES string of the molecule is CCCNc1cc(C(=O)N(CC)CC(C)C)cc(CC)n1. The number of nitrogens with one attached hydrogen (secondary N) is 1. The Bertz CT molecular complexity index is 457. The van der Waals surface area contributed by atoms with Crippen LogP contribution in [0.5, 0.6) is 0 Å². The van der Waals surface area contributed by atoms with Crippen LogP contribution < -0.4 is 5.32 Å². The largest absolute Gasteiger partial charge is 0.370 e. The van der Waals surface area contributed by atoms with Crippen LogP contribution in [0.2, 0.25) is 0 Å². The Balaban J connectivity index is 3.00. The van der Waals surface area contributed by atoms with Crippen LogP contribution in [0, 0.1) is 5.92 Å². The summed E-state index contributed by atoms with van der Waals surface area (Å²) < 4.78 is 0. The Labute approximate surface area is 129 Å². The summed E-state index contributed by atoms with van der Waals surface area (Å²) in [5.41, 5.74) is 1.70. The topological polar surface area (TPSA) is 45.2 Å². The van der Waals surface area contributed by atoms with Gasteiger partial charge in [-0.3, -0.25) is 4.79 Å². The fourth-order valence-corrected chi connectivity index (χ4v) is 2.21. The quantitative estimate of drug-likeness (QED) is 0.796. The number of pyridine rings is 1. The molecule has 1 aromatic heterocycles. The van der Waals surface area contributed by atoms with E-state index in [1.165, 1.54) is 0 Å². The summed E-state index contributed by atoms with van der Waals surface area (Å²) >= 11 is 0. The molecule has 118 valence electrons. The Hall–Kier alpha value is -1.58. The Morgan fingerprint density at radius 3 is 2.52 bits per heavy atom. The molecule has 0 bridgehead atoms. The summed E-state index contributed by atoms with van der Waals surface area (Å²) in [4.78, 5) is 19.1. The lowest BCUT2D eigenvalue weighted by molar-refractivity contribution is 0.0745. The second kappa shape index (κ2) is 8.65. The van der Waals surface area contributed by atoms with E-state index in [1.807, 2.05) is 24.0 Å². The van der Waals surface area contributed by atoms with E-state index >= 15 is 0 Å². The van der Waals surface area contributed by atoms with Crippen molar-refractivity contribution >= 4 is 11.7 Å². The average Bonchev–Trinajstić information content (AvgIpc) is 2.49. The van der Waals surface area contributed by atoms with E-state index in [9.17, 15) is 4.79 Å². The van der Waals surface area contributed by atoms with Gasteiger partial charge in [-0.25, -0.2) is 4.98 Å². The molecule has 4 nitrogen and oxygen atoms in total. The predicted octanol–water partition coefficient (Wildman–Crippen LogP) is 3.58. The minimum absolute atomic E-state index is 0.0999. The van der Waals surface area contributed by atoms with Crippen LogP contribution in [0.25, 0.3) is 0 Å². The molecule has 0 fully saturated rings. The first kappa shape index (κ1) is 17.5. The number of hydrogen-bond donors (Lipinski definition) is 1. The zero-order valence-corrected chi connectivity index (χ0v) is 14.1. The third kappa shape index (κ3) is 5.37. The van der Waals surface area contributed by atoms with Crippen molar-refractivity contribution in [3.05, 3.63) is 23.4 Å². The van der Waals surface area contributed by atoms with Gasteiger partial charge in [0.25, 0.3) is 5.91 Å². The Morgan fingerprint density at radius 2 is 2.00 bits per heavy atom. The zero-order chi connectivity index (χ0) is 15.8. The number of rotatable bonds is 8. The number of aromatic nitrogens is 1. The maximum atomic E-state index is 12.7. The molecule has 0 spiro atoms. The molecular weight excluding hydrogens is 262 g/mol. The number of carbonyl (C=O) groups excluding carboxylic acids is 1. The number of nitrogens with zero attached hydrogens (tertiary/aromatic N) is 2. The highest BCUT2D eigenvalue weighted by atomic mass is 16.2. The second-order valence-corrected chi connectivity index (χ2v) is 5.75. The van der Waals surface area contributed by atoms with Gasteiger partial charge < -0.3 is 10.2 Å². The van der Waals surface area contributed by atoms with E-state index < -0.39 is 0 Å². The van der Waals surface area contributed by atoms with Crippen molar-refractivity contribution in [2.24, 2.45) is 5.92 Å². The lowest BCUT2D eigenvalue weighted by Gasteiger charge is -2.23. The molecular formula is C17H29N3O. The van der Waals surface area contributed by atoms with Crippen molar-refractivity contribution in [2.45, 2.75) is 47.5 Å². The van der Waals surface area contributed by atoms with E-state index in [0.717, 1.165) is 49.6 Å². The van der Waals surface area contributed by atoms with Crippen LogP contribution in [-0.4, -0.2) is 35.4 Å². The average molecular weight is 291 g/mol. The van der Waals surface area contributed by atoms with Crippen LogP contribution in [0.3, 0.4) is 0 Å². The van der Waals surface area contributed by atoms with Gasteiger partial charge in [-0.1, -0.05) is 27.7 Å². The molecule has 1 rings (SSSR count). The molecule has 1 N–H and O–H groups in total. The predicted molar refractivity (Wildman–Crippen MR) is 88.8 cm³/mol. The summed E-state index contributed by atoms with van der Waals surface area (Å²) in [6, 6.07) is 3.79. The summed E-state index contributed by atoms with van der Waals surface area (Å²) in [5, 5.41) is 3.28. The van der Waals surface area contributed by atoms with E-state index in [0.29, 0.717) is 5.92 Å². The molecule has 0 atom stereocenters. The van der Waals surface area contributed by atoms with E-state index in [2.05, 4.69) is 38.0 Å². The first-order valence-corrected chi connectivity index (χ1v) is 8.05. The Morgan fingerprint density at radius 1 is 1.29 bits per heavy atom. The van der Waals surface area contributed by atoms with Crippen LogP contribution >= 0.6 is 0 Å². The standard InChI is InChI=1S/C17H29N3O/c1-6-9-18-16-11-14(10-15(7-2)19-16)17(21)20(8-3)12-13(4)5/h10-11,13H,6-9,12H2,1-5H3,(H,18,19). The fraction of sp³-hybridized carbons (Fsp3) is 0.647. The van der Waals surface area contributed by atoms with Crippen molar-refractivity contribution in [2.75, 3.05) is 25.0 Å². The molecule has 0 aromatic carbocycles. The molecule has 0 aliphatic carbocycles. The van der Waals surface area contributed by atoms with E-state index in [1.54, 1.807) is 0 Å². The van der Waals surface area contributed by atoms with Gasteiger partial charge in [-0.15, -0.1) is 0 Å². The number of aryl methyl sites for hydroxylation is 1. The number of anilines is 1. The lowest BCUT2D eigenvalue weighted by Crippen LogP contribution is -2.34. The van der Waals surface area contributed by atoms with Crippen molar-refractivity contribution in [1.29, 1.82) is 0 Å². The molecule has 1 aromatic rings. The maximum Gasteiger partial charge on any atom is 0.254 e. The monoisotopic (exact) mass is 291 g/mol.